The largest absolute Gasteiger partial charge is 0.378 e. The zero-order valence-electron chi connectivity index (χ0n) is 9.31. The van der Waals surface area contributed by atoms with Gasteiger partial charge in [-0.05, 0) is 6.42 Å². The molecule has 0 saturated carbocycles. The molecule has 0 unspecified atom stereocenters. The highest BCUT2D eigenvalue weighted by Gasteiger charge is 2.19. The van der Waals surface area contributed by atoms with Crippen molar-refractivity contribution in [3.8, 4) is 0 Å². The van der Waals surface area contributed by atoms with Crippen molar-refractivity contribution in [2.24, 2.45) is 0 Å². The van der Waals surface area contributed by atoms with Gasteiger partial charge in [-0.3, -0.25) is 4.68 Å². The van der Waals surface area contributed by atoms with Gasteiger partial charge in [-0.25, -0.2) is 8.42 Å². The lowest BCUT2D eigenvalue weighted by molar-refractivity contribution is 0.178. The van der Waals surface area contributed by atoms with Crippen LogP contribution in [0, 0.1) is 0 Å². The minimum Gasteiger partial charge on any atom is -0.378 e. The van der Waals surface area contributed by atoms with Gasteiger partial charge in [0.25, 0.3) is 9.05 Å². The summed E-state index contributed by atoms with van der Waals surface area (Å²) in [5.74, 6) is 0. The molecular weight excluding hydrogens is 252 g/mol. The van der Waals surface area contributed by atoms with Crippen molar-refractivity contribution >= 4 is 19.7 Å². The molecule has 1 rings (SSSR count). The predicted molar refractivity (Wildman–Crippen MR) is 60.9 cm³/mol. The Balaban J connectivity index is 3.00. The number of hydrogen-bond acceptors (Lipinski definition) is 4. The van der Waals surface area contributed by atoms with Crippen LogP contribution in [0.1, 0.15) is 25.5 Å². The van der Waals surface area contributed by atoms with E-state index in [-0.39, 0.29) is 11.5 Å². The van der Waals surface area contributed by atoms with E-state index in [2.05, 4.69) is 12.0 Å². The molecule has 0 amide bonds. The van der Waals surface area contributed by atoms with Crippen molar-refractivity contribution < 1.29 is 13.2 Å². The third kappa shape index (κ3) is 3.47. The number of hydrogen-bond donors (Lipinski definition) is 0. The Bertz CT molecular complexity index is 442. The fourth-order valence-corrected chi connectivity index (χ4v) is 2.33. The van der Waals surface area contributed by atoms with Crippen LogP contribution in [0.15, 0.2) is 11.1 Å². The molecule has 0 spiro atoms. The second-order valence-corrected chi connectivity index (χ2v) is 5.96. The number of methoxy groups -OCH3 is 1. The molecule has 0 N–H and O–H groups in total. The Hall–Kier alpha value is -0.590. The van der Waals surface area contributed by atoms with Crippen LogP contribution in [0.2, 0.25) is 0 Å². The topological polar surface area (TPSA) is 61.2 Å². The number of unbranched alkanes of at least 4 members (excludes halogenated alkanes) is 1. The van der Waals surface area contributed by atoms with Gasteiger partial charge in [0.15, 0.2) is 0 Å². The molecule has 0 fully saturated rings. The molecule has 16 heavy (non-hydrogen) atoms. The fraction of sp³-hybridized carbons (Fsp3) is 0.667. The number of aryl methyl sites for hydroxylation is 1. The van der Waals surface area contributed by atoms with Gasteiger partial charge >= 0.3 is 0 Å². The third-order valence-electron chi connectivity index (χ3n) is 2.08. The standard InChI is InChI=1S/C9H15ClN2O3S/c1-3-4-5-12-6-9(16(10,13)14)8(11-12)7-15-2/h6H,3-5,7H2,1-2H3. The van der Waals surface area contributed by atoms with Gasteiger partial charge in [-0.1, -0.05) is 13.3 Å². The lowest BCUT2D eigenvalue weighted by atomic mass is 10.3. The van der Waals surface area contributed by atoms with E-state index in [0.29, 0.717) is 12.2 Å². The van der Waals surface area contributed by atoms with E-state index in [0.717, 1.165) is 12.8 Å². The highest BCUT2D eigenvalue weighted by molar-refractivity contribution is 8.13. The quantitative estimate of drug-likeness (QED) is 0.736. The Labute approximate surface area is 99.8 Å². The van der Waals surface area contributed by atoms with E-state index in [1.165, 1.54) is 13.3 Å². The normalized spacial score (nSPS) is 11.9. The molecule has 0 aliphatic rings. The molecule has 1 aromatic rings. The van der Waals surface area contributed by atoms with Crippen molar-refractivity contribution in [3.63, 3.8) is 0 Å². The zero-order chi connectivity index (χ0) is 12.2. The summed E-state index contributed by atoms with van der Waals surface area (Å²) in [4.78, 5) is 0.0344. The Kier molecular flexibility index (Phi) is 4.76. The monoisotopic (exact) mass is 266 g/mol. The molecule has 1 aromatic heterocycles. The van der Waals surface area contributed by atoms with Gasteiger partial charge in [0, 0.05) is 30.5 Å². The van der Waals surface area contributed by atoms with E-state index in [1.54, 1.807) is 4.68 Å². The number of nitrogens with zero attached hydrogens (tertiary/aromatic N) is 2. The first-order valence-corrected chi connectivity index (χ1v) is 7.30. The summed E-state index contributed by atoms with van der Waals surface area (Å²) >= 11 is 0. The van der Waals surface area contributed by atoms with Crippen LogP contribution in [-0.2, 0) is 26.9 Å². The van der Waals surface area contributed by atoms with E-state index in [4.69, 9.17) is 15.4 Å². The average Bonchev–Trinajstić information content (AvgIpc) is 2.58. The summed E-state index contributed by atoms with van der Waals surface area (Å²) in [7, 11) is 3.04. The van der Waals surface area contributed by atoms with Crippen molar-refractivity contribution in [2.75, 3.05) is 7.11 Å². The summed E-state index contributed by atoms with van der Waals surface area (Å²) in [5, 5.41) is 4.13. The van der Waals surface area contributed by atoms with Gasteiger partial charge < -0.3 is 4.74 Å². The molecule has 1 heterocycles. The summed E-state index contributed by atoms with van der Waals surface area (Å²) in [6.45, 7) is 2.87. The predicted octanol–water partition coefficient (Wildman–Crippen LogP) is 1.76. The molecule has 0 radical (unpaired) electrons. The smallest absolute Gasteiger partial charge is 0.264 e. The Morgan fingerprint density at radius 1 is 1.56 bits per heavy atom. The molecular formula is C9H15ClN2O3S. The number of halogens is 1. The first kappa shape index (κ1) is 13.5. The summed E-state index contributed by atoms with van der Waals surface area (Å²) in [6.07, 6.45) is 3.41. The maximum atomic E-state index is 11.3. The zero-order valence-corrected chi connectivity index (χ0v) is 10.9. The lowest BCUT2D eigenvalue weighted by Crippen LogP contribution is -1.99. The van der Waals surface area contributed by atoms with Crippen molar-refractivity contribution in [3.05, 3.63) is 11.9 Å². The molecule has 0 aliphatic heterocycles. The summed E-state index contributed by atoms with van der Waals surface area (Å²) in [5.41, 5.74) is 0.355. The molecule has 0 aliphatic carbocycles. The van der Waals surface area contributed by atoms with Gasteiger partial charge in [-0.15, -0.1) is 0 Å². The second kappa shape index (κ2) is 5.65. The third-order valence-corrected chi connectivity index (χ3v) is 3.45. The van der Waals surface area contributed by atoms with Crippen LogP contribution in [0.3, 0.4) is 0 Å². The van der Waals surface area contributed by atoms with Gasteiger partial charge in [0.2, 0.25) is 0 Å². The van der Waals surface area contributed by atoms with Crippen molar-refractivity contribution in [1.82, 2.24) is 9.78 Å². The van der Waals surface area contributed by atoms with Gasteiger partial charge in [-0.2, -0.15) is 5.10 Å². The Morgan fingerprint density at radius 3 is 2.75 bits per heavy atom. The fourth-order valence-electron chi connectivity index (χ4n) is 1.32. The molecule has 0 aromatic carbocycles. The van der Waals surface area contributed by atoms with Gasteiger partial charge in [0.05, 0.1) is 6.61 Å². The second-order valence-electron chi connectivity index (χ2n) is 3.43. The molecule has 0 atom stereocenters. The highest BCUT2D eigenvalue weighted by atomic mass is 35.7. The first-order valence-electron chi connectivity index (χ1n) is 4.99. The van der Waals surface area contributed by atoms with E-state index < -0.39 is 9.05 Å². The van der Waals surface area contributed by atoms with Crippen LogP contribution < -0.4 is 0 Å². The summed E-state index contributed by atoms with van der Waals surface area (Å²) in [6, 6.07) is 0. The molecule has 7 heteroatoms. The van der Waals surface area contributed by atoms with E-state index in [9.17, 15) is 8.42 Å². The average molecular weight is 267 g/mol. The lowest BCUT2D eigenvalue weighted by Gasteiger charge is -1.97. The van der Waals surface area contributed by atoms with Crippen molar-refractivity contribution in [2.45, 2.75) is 37.8 Å². The van der Waals surface area contributed by atoms with Crippen molar-refractivity contribution in [1.29, 1.82) is 0 Å². The van der Waals surface area contributed by atoms with Crippen LogP contribution in [-0.4, -0.2) is 25.3 Å². The molecule has 92 valence electrons. The minimum absolute atomic E-state index is 0.0344. The van der Waals surface area contributed by atoms with Crippen LogP contribution in [0.4, 0.5) is 0 Å². The molecule has 5 nitrogen and oxygen atoms in total. The van der Waals surface area contributed by atoms with Crippen LogP contribution in [0.25, 0.3) is 0 Å². The van der Waals surface area contributed by atoms with E-state index in [1.807, 2.05) is 0 Å². The van der Waals surface area contributed by atoms with Crippen LogP contribution >= 0.6 is 10.7 Å². The highest BCUT2D eigenvalue weighted by Crippen LogP contribution is 2.19. The maximum absolute atomic E-state index is 11.3. The van der Waals surface area contributed by atoms with E-state index >= 15 is 0 Å². The minimum atomic E-state index is -3.75. The first-order chi connectivity index (χ1) is 7.49. The number of aromatic nitrogens is 2. The maximum Gasteiger partial charge on any atom is 0.264 e. The Morgan fingerprint density at radius 2 is 2.25 bits per heavy atom. The SMILES string of the molecule is CCCCn1cc(S(=O)(=O)Cl)c(COC)n1. The molecule has 0 saturated heterocycles. The number of ether oxygens (including phenoxy) is 1. The summed E-state index contributed by atoms with van der Waals surface area (Å²) < 4.78 is 29.0. The number of rotatable bonds is 6. The van der Waals surface area contributed by atoms with Crippen LogP contribution in [0.5, 0.6) is 0 Å². The van der Waals surface area contributed by atoms with Gasteiger partial charge in [0.1, 0.15) is 10.6 Å². The molecule has 0 bridgehead atoms.